The summed E-state index contributed by atoms with van der Waals surface area (Å²) < 4.78 is 19.6. The molecule has 146 valence electrons. The third-order valence-corrected chi connectivity index (χ3v) is 6.47. The fraction of sp³-hybridized carbons (Fsp3) is 0.300. The molecule has 3 heterocycles. The van der Waals surface area contributed by atoms with E-state index in [-0.39, 0.29) is 11.7 Å². The number of aromatic nitrogens is 1. The van der Waals surface area contributed by atoms with Gasteiger partial charge in [-0.3, -0.25) is 9.69 Å². The molecule has 5 nitrogen and oxygen atoms in total. The molecular weight excluding hydrogens is 445 g/mol. The van der Waals surface area contributed by atoms with Crippen molar-refractivity contribution < 1.29 is 13.7 Å². The Kier molecular flexibility index (Phi) is 5.61. The molecular formula is C20H19BrFN3O2S. The molecule has 3 aromatic rings. The van der Waals surface area contributed by atoms with E-state index in [1.807, 2.05) is 4.90 Å². The van der Waals surface area contributed by atoms with Crippen LogP contribution in [0.5, 0.6) is 0 Å². The lowest BCUT2D eigenvalue weighted by Crippen LogP contribution is -2.48. The number of aryl methyl sites for hydroxylation is 1. The maximum absolute atomic E-state index is 13.2. The van der Waals surface area contributed by atoms with E-state index in [0.29, 0.717) is 35.7 Å². The van der Waals surface area contributed by atoms with Crippen LogP contribution < -0.4 is 0 Å². The highest BCUT2D eigenvalue weighted by Gasteiger charge is 2.28. The van der Waals surface area contributed by atoms with Crippen molar-refractivity contribution in [3.63, 3.8) is 0 Å². The molecule has 0 spiro atoms. The highest BCUT2D eigenvalue weighted by molar-refractivity contribution is 9.11. The predicted molar refractivity (Wildman–Crippen MR) is 110 cm³/mol. The van der Waals surface area contributed by atoms with Crippen LogP contribution >= 0.6 is 27.3 Å². The van der Waals surface area contributed by atoms with Crippen LogP contribution in [0.3, 0.4) is 0 Å². The van der Waals surface area contributed by atoms with Crippen molar-refractivity contribution in [2.24, 2.45) is 0 Å². The van der Waals surface area contributed by atoms with Gasteiger partial charge in [0.1, 0.15) is 22.8 Å². The van der Waals surface area contributed by atoms with E-state index in [1.54, 1.807) is 30.4 Å². The fourth-order valence-corrected chi connectivity index (χ4v) is 4.88. The smallest absolute Gasteiger partial charge is 0.259 e. The Morgan fingerprint density at radius 2 is 1.89 bits per heavy atom. The molecule has 0 bridgehead atoms. The average molecular weight is 464 g/mol. The minimum atomic E-state index is -0.328. The van der Waals surface area contributed by atoms with E-state index in [0.717, 1.165) is 23.4 Å². The first kappa shape index (κ1) is 19.3. The topological polar surface area (TPSA) is 49.6 Å². The highest BCUT2D eigenvalue weighted by atomic mass is 79.9. The zero-order valence-electron chi connectivity index (χ0n) is 15.3. The summed E-state index contributed by atoms with van der Waals surface area (Å²) in [5.74, 6) is 0.0671. The van der Waals surface area contributed by atoms with Gasteiger partial charge in [0, 0.05) is 43.2 Å². The summed E-state index contributed by atoms with van der Waals surface area (Å²) in [5.41, 5.74) is 1.60. The molecule has 1 aliphatic rings. The van der Waals surface area contributed by atoms with Crippen molar-refractivity contribution in [3.8, 4) is 11.3 Å². The number of carbonyl (C=O) groups is 1. The lowest BCUT2D eigenvalue weighted by Gasteiger charge is -2.34. The number of benzene rings is 1. The first-order valence-electron chi connectivity index (χ1n) is 8.99. The number of nitrogens with zero attached hydrogens (tertiary/aromatic N) is 3. The number of thiophene rings is 1. The minimum Gasteiger partial charge on any atom is -0.360 e. The summed E-state index contributed by atoms with van der Waals surface area (Å²) >= 11 is 5.23. The van der Waals surface area contributed by atoms with Crippen LogP contribution in [0.15, 0.2) is 44.7 Å². The predicted octanol–water partition coefficient (Wildman–Crippen LogP) is 4.57. The molecule has 28 heavy (non-hydrogen) atoms. The zero-order chi connectivity index (χ0) is 19.7. The van der Waals surface area contributed by atoms with Gasteiger partial charge in [-0.2, -0.15) is 0 Å². The molecule has 0 unspecified atom stereocenters. The van der Waals surface area contributed by atoms with E-state index < -0.39 is 0 Å². The van der Waals surface area contributed by atoms with Gasteiger partial charge in [0.2, 0.25) is 0 Å². The first-order chi connectivity index (χ1) is 13.5. The van der Waals surface area contributed by atoms with Crippen LogP contribution in [0, 0.1) is 12.7 Å². The highest BCUT2D eigenvalue weighted by Crippen LogP contribution is 2.28. The van der Waals surface area contributed by atoms with Gasteiger partial charge >= 0.3 is 0 Å². The summed E-state index contributed by atoms with van der Waals surface area (Å²) in [6, 6.07) is 10.1. The summed E-state index contributed by atoms with van der Waals surface area (Å²) in [4.78, 5) is 18.6. The second-order valence-corrected chi connectivity index (χ2v) is 9.29. The van der Waals surface area contributed by atoms with Gasteiger partial charge in [0.05, 0.1) is 3.79 Å². The minimum absolute atomic E-state index is 0.0865. The second kappa shape index (κ2) is 8.14. The number of halogens is 2. The normalized spacial score (nSPS) is 15.2. The van der Waals surface area contributed by atoms with Crippen molar-refractivity contribution in [1.82, 2.24) is 15.0 Å². The molecule has 2 aromatic heterocycles. The maximum atomic E-state index is 13.2. The summed E-state index contributed by atoms with van der Waals surface area (Å²) in [7, 11) is 0. The Labute approximate surface area is 174 Å². The van der Waals surface area contributed by atoms with E-state index in [4.69, 9.17) is 4.52 Å². The summed E-state index contributed by atoms with van der Waals surface area (Å²) in [6.07, 6.45) is 0. The molecule has 1 aliphatic heterocycles. The van der Waals surface area contributed by atoms with Gasteiger partial charge < -0.3 is 9.42 Å². The number of carbonyl (C=O) groups excluding carboxylic acids is 1. The van der Waals surface area contributed by atoms with Gasteiger partial charge in [-0.05, 0) is 59.3 Å². The summed E-state index contributed by atoms with van der Waals surface area (Å²) in [5, 5.41) is 4.05. The molecule has 1 saturated heterocycles. The Morgan fingerprint density at radius 1 is 1.18 bits per heavy atom. The van der Waals surface area contributed by atoms with Crippen LogP contribution in [-0.2, 0) is 6.54 Å². The van der Waals surface area contributed by atoms with Gasteiger partial charge in [-0.1, -0.05) is 5.16 Å². The third kappa shape index (κ3) is 4.04. The molecule has 0 aliphatic carbocycles. The second-order valence-electron chi connectivity index (χ2n) is 6.74. The molecule has 0 radical (unpaired) electrons. The van der Waals surface area contributed by atoms with Crippen LogP contribution in [-0.4, -0.2) is 47.0 Å². The van der Waals surface area contributed by atoms with Gasteiger partial charge in [0.25, 0.3) is 5.91 Å². The molecule has 8 heteroatoms. The van der Waals surface area contributed by atoms with E-state index in [9.17, 15) is 9.18 Å². The van der Waals surface area contributed by atoms with Gasteiger partial charge in [0.15, 0.2) is 0 Å². The molecule has 0 N–H and O–H groups in total. The van der Waals surface area contributed by atoms with Crippen molar-refractivity contribution in [3.05, 3.63) is 62.2 Å². The SMILES string of the molecule is Cc1onc(-c2ccc(F)cc2)c1C(=O)N1CCN(Cc2ccc(Br)s2)CC1. The van der Waals surface area contributed by atoms with E-state index in [1.165, 1.54) is 17.0 Å². The lowest BCUT2D eigenvalue weighted by molar-refractivity contribution is 0.0628. The van der Waals surface area contributed by atoms with Crippen LogP contribution in [0.4, 0.5) is 4.39 Å². The Bertz CT molecular complexity index is 978. The number of hydrogen-bond donors (Lipinski definition) is 0. The molecule has 0 saturated carbocycles. The van der Waals surface area contributed by atoms with Crippen LogP contribution in [0.2, 0.25) is 0 Å². The van der Waals surface area contributed by atoms with Gasteiger partial charge in [-0.15, -0.1) is 11.3 Å². The quantitative estimate of drug-likeness (QED) is 0.568. The maximum Gasteiger partial charge on any atom is 0.259 e. The molecule has 1 fully saturated rings. The molecule has 1 amide bonds. The number of hydrogen-bond acceptors (Lipinski definition) is 5. The average Bonchev–Trinajstić information content (AvgIpc) is 3.28. The van der Waals surface area contributed by atoms with Crippen molar-refractivity contribution in [1.29, 1.82) is 0 Å². The molecule has 4 rings (SSSR count). The van der Waals surface area contributed by atoms with E-state index in [2.05, 4.69) is 38.1 Å². The number of rotatable bonds is 4. The standard InChI is InChI=1S/C20H19BrFN3O2S/c1-13-18(19(23-27-13)14-2-4-15(22)5-3-14)20(26)25-10-8-24(9-11-25)12-16-6-7-17(21)28-16/h2-7H,8-12H2,1H3. The lowest BCUT2D eigenvalue weighted by atomic mass is 10.0. The van der Waals surface area contributed by atoms with Crippen molar-refractivity contribution in [2.45, 2.75) is 13.5 Å². The zero-order valence-corrected chi connectivity index (χ0v) is 17.7. The summed E-state index contributed by atoms with van der Waals surface area (Å²) in [6.45, 7) is 5.57. The Hall–Kier alpha value is -2.03. The van der Waals surface area contributed by atoms with Crippen molar-refractivity contribution >= 4 is 33.2 Å². The van der Waals surface area contributed by atoms with E-state index >= 15 is 0 Å². The van der Waals surface area contributed by atoms with Crippen LogP contribution in [0.1, 0.15) is 21.0 Å². The largest absolute Gasteiger partial charge is 0.360 e. The molecule has 1 aromatic carbocycles. The Morgan fingerprint density at radius 3 is 2.54 bits per heavy atom. The van der Waals surface area contributed by atoms with Crippen LogP contribution in [0.25, 0.3) is 11.3 Å². The third-order valence-electron chi connectivity index (χ3n) is 4.86. The number of piperazine rings is 1. The number of amides is 1. The van der Waals surface area contributed by atoms with Crippen molar-refractivity contribution in [2.75, 3.05) is 26.2 Å². The Balaban J connectivity index is 1.46. The fourth-order valence-electron chi connectivity index (χ4n) is 3.35. The molecule has 0 atom stereocenters. The first-order valence-corrected chi connectivity index (χ1v) is 10.6. The van der Waals surface area contributed by atoms with Gasteiger partial charge in [-0.25, -0.2) is 4.39 Å². The monoisotopic (exact) mass is 463 g/mol.